The standard InChI is InChI=1S/C19H22N2O2/c1-19(2)12-5-13-21(17-7-4-3-6-16(17)19)18(23)20-14-8-10-15(22)11-9-14/h3-4,6-11,22H,5,12-13H2,1-2H3,(H,20,23). The minimum Gasteiger partial charge on any atom is -0.508 e. The highest BCUT2D eigenvalue weighted by Crippen LogP contribution is 2.38. The molecule has 2 amide bonds. The molecule has 4 nitrogen and oxygen atoms in total. The van der Waals surface area contributed by atoms with Gasteiger partial charge < -0.3 is 10.4 Å². The lowest BCUT2D eigenvalue weighted by Crippen LogP contribution is -2.35. The lowest BCUT2D eigenvalue weighted by molar-refractivity contribution is 0.257. The number of hydrogen-bond acceptors (Lipinski definition) is 2. The average molecular weight is 310 g/mol. The first-order chi connectivity index (χ1) is 11.0. The Morgan fingerprint density at radius 2 is 1.83 bits per heavy atom. The van der Waals surface area contributed by atoms with Gasteiger partial charge in [-0.1, -0.05) is 32.0 Å². The second-order valence-electron chi connectivity index (χ2n) is 6.63. The van der Waals surface area contributed by atoms with Crippen molar-refractivity contribution in [3.63, 3.8) is 0 Å². The number of aromatic hydroxyl groups is 1. The fraction of sp³-hybridized carbons (Fsp3) is 0.316. The molecule has 2 aromatic carbocycles. The van der Waals surface area contributed by atoms with Crippen LogP contribution in [-0.4, -0.2) is 17.7 Å². The van der Waals surface area contributed by atoms with Crippen LogP contribution in [0.4, 0.5) is 16.2 Å². The molecule has 1 aliphatic rings. The molecule has 1 heterocycles. The van der Waals surface area contributed by atoms with Gasteiger partial charge in [-0.15, -0.1) is 0 Å². The largest absolute Gasteiger partial charge is 0.508 e. The van der Waals surface area contributed by atoms with Crippen LogP contribution in [0, 0.1) is 0 Å². The van der Waals surface area contributed by atoms with Gasteiger partial charge in [0.15, 0.2) is 0 Å². The fourth-order valence-electron chi connectivity index (χ4n) is 3.16. The quantitative estimate of drug-likeness (QED) is 0.762. The molecule has 0 radical (unpaired) electrons. The molecule has 0 unspecified atom stereocenters. The second kappa shape index (κ2) is 5.95. The number of urea groups is 1. The molecule has 2 aromatic rings. The van der Waals surface area contributed by atoms with Crippen molar-refractivity contribution < 1.29 is 9.90 Å². The average Bonchev–Trinajstić information content (AvgIpc) is 2.66. The number of nitrogens with one attached hydrogen (secondary N) is 1. The van der Waals surface area contributed by atoms with Gasteiger partial charge >= 0.3 is 6.03 Å². The molecule has 0 aliphatic carbocycles. The molecule has 0 aromatic heterocycles. The van der Waals surface area contributed by atoms with Crippen LogP contribution in [0.15, 0.2) is 48.5 Å². The summed E-state index contributed by atoms with van der Waals surface area (Å²) in [5, 5.41) is 12.3. The minimum absolute atomic E-state index is 0.0597. The molecule has 120 valence electrons. The van der Waals surface area contributed by atoms with E-state index in [1.807, 2.05) is 23.1 Å². The van der Waals surface area contributed by atoms with E-state index in [0.717, 1.165) is 18.5 Å². The topological polar surface area (TPSA) is 52.6 Å². The molecule has 0 saturated heterocycles. The number of fused-ring (bicyclic) bond motifs is 1. The van der Waals surface area contributed by atoms with Gasteiger partial charge in [0.25, 0.3) is 0 Å². The predicted molar refractivity (Wildman–Crippen MR) is 93.2 cm³/mol. The normalized spacial score (nSPS) is 16.3. The lowest BCUT2D eigenvalue weighted by Gasteiger charge is -2.27. The maximum absolute atomic E-state index is 12.7. The molecular formula is C19H22N2O2. The third-order valence-electron chi connectivity index (χ3n) is 4.47. The first kappa shape index (κ1) is 15.4. The molecule has 0 bridgehead atoms. The second-order valence-corrected chi connectivity index (χ2v) is 6.63. The van der Waals surface area contributed by atoms with Gasteiger partial charge in [-0.3, -0.25) is 4.90 Å². The van der Waals surface area contributed by atoms with Crippen molar-refractivity contribution in [3.05, 3.63) is 54.1 Å². The predicted octanol–water partition coefficient (Wildman–Crippen LogP) is 4.50. The van der Waals surface area contributed by atoms with Gasteiger partial charge in [0, 0.05) is 17.9 Å². The van der Waals surface area contributed by atoms with E-state index < -0.39 is 0 Å². The van der Waals surface area contributed by atoms with Gasteiger partial charge in [0.1, 0.15) is 5.75 Å². The summed E-state index contributed by atoms with van der Waals surface area (Å²) in [4.78, 5) is 14.5. The minimum atomic E-state index is -0.138. The van der Waals surface area contributed by atoms with Crippen molar-refractivity contribution in [1.29, 1.82) is 0 Å². The van der Waals surface area contributed by atoms with Gasteiger partial charge in [-0.25, -0.2) is 4.79 Å². The first-order valence-electron chi connectivity index (χ1n) is 7.94. The monoisotopic (exact) mass is 310 g/mol. The van der Waals surface area contributed by atoms with Gasteiger partial charge in [-0.05, 0) is 54.2 Å². The third kappa shape index (κ3) is 3.16. The Labute approximate surface area is 136 Å². The van der Waals surface area contributed by atoms with Crippen LogP contribution in [0.3, 0.4) is 0 Å². The summed E-state index contributed by atoms with van der Waals surface area (Å²) in [5.41, 5.74) is 2.92. The number of rotatable bonds is 1. The zero-order valence-corrected chi connectivity index (χ0v) is 13.5. The van der Waals surface area contributed by atoms with E-state index in [9.17, 15) is 9.90 Å². The van der Waals surface area contributed by atoms with E-state index in [1.54, 1.807) is 24.3 Å². The fourth-order valence-corrected chi connectivity index (χ4v) is 3.16. The number of phenolic OH excluding ortho intramolecular Hbond substituents is 1. The number of nitrogens with zero attached hydrogens (tertiary/aromatic N) is 1. The zero-order chi connectivity index (χ0) is 16.4. The molecule has 23 heavy (non-hydrogen) atoms. The number of phenols is 1. The highest BCUT2D eigenvalue weighted by molar-refractivity contribution is 6.02. The SMILES string of the molecule is CC1(C)CCCN(C(=O)Nc2ccc(O)cc2)c2ccccc21. The summed E-state index contributed by atoms with van der Waals surface area (Å²) in [6, 6.07) is 14.5. The van der Waals surface area contributed by atoms with Crippen molar-refractivity contribution in [1.82, 2.24) is 0 Å². The molecule has 1 aliphatic heterocycles. The van der Waals surface area contributed by atoms with Crippen LogP contribution in [0.25, 0.3) is 0 Å². The van der Waals surface area contributed by atoms with Crippen LogP contribution in [0.5, 0.6) is 5.75 Å². The number of amides is 2. The van der Waals surface area contributed by atoms with E-state index in [2.05, 4.69) is 25.2 Å². The number of anilines is 2. The van der Waals surface area contributed by atoms with Crippen LogP contribution >= 0.6 is 0 Å². The number of hydrogen-bond donors (Lipinski definition) is 2. The van der Waals surface area contributed by atoms with Crippen LogP contribution in [-0.2, 0) is 5.41 Å². The van der Waals surface area contributed by atoms with Gasteiger partial charge in [-0.2, -0.15) is 0 Å². The Balaban J connectivity index is 1.89. The van der Waals surface area contributed by atoms with Crippen LogP contribution in [0.2, 0.25) is 0 Å². The van der Waals surface area contributed by atoms with Crippen LogP contribution < -0.4 is 10.2 Å². The summed E-state index contributed by atoms with van der Waals surface area (Å²) < 4.78 is 0. The maximum atomic E-state index is 12.7. The molecule has 0 saturated carbocycles. The van der Waals surface area contributed by atoms with E-state index in [0.29, 0.717) is 12.2 Å². The third-order valence-corrected chi connectivity index (χ3v) is 4.47. The van der Waals surface area contributed by atoms with E-state index >= 15 is 0 Å². The van der Waals surface area contributed by atoms with Crippen molar-refractivity contribution in [2.75, 3.05) is 16.8 Å². The molecule has 0 spiro atoms. The Bertz CT molecular complexity index is 708. The van der Waals surface area contributed by atoms with Crippen molar-refractivity contribution in [2.45, 2.75) is 32.1 Å². The Kier molecular flexibility index (Phi) is 3.99. The highest BCUT2D eigenvalue weighted by atomic mass is 16.3. The Morgan fingerprint density at radius 3 is 2.57 bits per heavy atom. The van der Waals surface area contributed by atoms with E-state index in [4.69, 9.17) is 0 Å². The summed E-state index contributed by atoms with van der Waals surface area (Å²) in [7, 11) is 0. The number of para-hydroxylation sites is 1. The number of carbonyl (C=O) groups is 1. The first-order valence-corrected chi connectivity index (χ1v) is 7.94. The summed E-state index contributed by atoms with van der Waals surface area (Å²) in [6.07, 6.45) is 2.01. The molecule has 3 rings (SSSR count). The summed E-state index contributed by atoms with van der Waals surface area (Å²) >= 11 is 0. The molecule has 4 heteroatoms. The van der Waals surface area contributed by atoms with Gasteiger partial charge in [0.2, 0.25) is 0 Å². The smallest absolute Gasteiger partial charge is 0.326 e. The summed E-state index contributed by atoms with van der Waals surface area (Å²) in [5.74, 6) is 0.185. The Hall–Kier alpha value is -2.49. The van der Waals surface area contributed by atoms with Crippen molar-refractivity contribution in [2.24, 2.45) is 0 Å². The molecule has 0 atom stereocenters. The maximum Gasteiger partial charge on any atom is 0.326 e. The van der Waals surface area contributed by atoms with Crippen molar-refractivity contribution >= 4 is 17.4 Å². The van der Waals surface area contributed by atoms with E-state index in [-0.39, 0.29) is 17.2 Å². The molecule has 2 N–H and O–H groups in total. The molecule has 0 fully saturated rings. The lowest BCUT2D eigenvalue weighted by atomic mass is 9.80. The number of carbonyl (C=O) groups excluding carboxylic acids is 1. The Morgan fingerprint density at radius 1 is 1.13 bits per heavy atom. The highest BCUT2D eigenvalue weighted by Gasteiger charge is 2.30. The number of benzene rings is 2. The van der Waals surface area contributed by atoms with E-state index in [1.165, 1.54) is 5.56 Å². The molecular weight excluding hydrogens is 288 g/mol. The van der Waals surface area contributed by atoms with Crippen LogP contribution in [0.1, 0.15) is 32.3 Å². The zero-order valence-electron chi connectivity index (χ0n) is 13.5. The van der Waals surface area contributed by atoms with Crippen molar-refractivity contribution in [3.8, 4) is 5.75 Å². The summed E-state index contributed by atoms with van der Waals surface area (Å²) in [6.45, 7) is 5.16. The van der Waals surface area contributed by atoms with Gasteiger partial charge in [0.05, 0.1) is 0 Å².